The van der Waals surface area contributed by atoms with Crippen LogP contribution in [0.15, 0.2) is 54.6 Å². The largest absolute Gasteiger partial charge is 0.494 e. The lowest BCUT2D eigenvalue weighted by Gasteiger charge is -2.28. The molecule has 0 atom stereocenters. The van der Waals surface area contributed by atoms with Gasteiger partial charge in [0.25, 0.3) is 0 Å². The number of fused-ring (bicyclic) bond motifs is 1. The number of amides is 2. The van der Waals surface area contributed by atoms with Crippen molar-refractivity contribution < 1.29 is 19.5 Å². The molecule has 158 valence electrons. The number of carbonyl (C=O) groups excluding carboxylic acids is 2. The zero-order valence-corrected chi connectivity index (χ0v) is 17.0. The van der Waals surface area contributed by atoms with Crippen LogP contribution >= 0.6 is 0 Å². The molecule has 2 amide bonds. The number of hydroxylamine groups is 1. The van der Waals surface area contributed by atoms with Gasteiger partial charge in [0.2, 0.25) is 11.8 Å². The molecular weight excluding hydrogens is 380 g/mol. The van der Waals surface area contributed by atoms with Crippen molar-refractivity contribution in [1.29, 1.82) is 0 Å². The van der Waals surface area contributed by atoms with E-state index in [2.05, 4.69) is 6.07 Å². The van der Waals surface area contributed by atoms with Crippen LogP contribution in [0, 0.1) is 0 Å². The lowest BCUT2D eigenvalue weighted by molar-refractivity contribution is -0.129. The molecule has 0 saturated carbocycles. The third kappa shape index (κ3) is 6.46. The third-order valence-electron chi connectivity index (χ3n) is 5.16. The van der Waals surface area contributed by atoms with Crippen molar-refractivity contribution in [3.8, 4) is 5.75 Å². The summed E-state index contributed by atoms with van der Waals surface area (Å²) in [4.78, 5) is 25.3. The van der Waals surface area contributed by atoms with E-state index in [-0.39, 0.29) is 11.8 Å². The molecule has 1 aliphatic heterocycles. The summed E-state index contributed by atoms with van der Waals surface area (Å²) in [7, 11) is 0. The average Bonchev–Trinajstić information content (AvgIpc) is 2.79. The number of rotatable bonds is 9. The van der Waals surface area contributed by atoms with Crippen molar-refractivity contribution in [2.75, 3.05) is 13.2 Å². The van der Waals surface area contributed by atoms with Gasteiger partial charge in [0.15, 0.2) is 0 Å². The van der Waals surface area contributed by atoms with Crippen molar-refractivity contribution in [3.05, 3.63) is 71.3 Å². The fourth-order valence-corrected chi connectivity index (χ4v) is 3.45. The fourth-order valence-electron chi connectivity index (χ4n) is 3.45. The molecule has 2 aromatic rings. The van der Waals surface area contributed by atoms with Crippen LogP contribution in [-0.2, 0) is 22.6 Å². The molecule has 0 spiro atoms. The topological polar surface area (TPSA) is 78.9 Å². The first-order valence-electron chi connectivity index (χ1n) is 10.4. The summed E-state index contributed by atoms with van der Waals surface area (Å²) in [5, 5.41) is 8.45. The van der Waals surface area contributed by atoms with E-state index in [4.69, 9.17) is 9.94 Å². The summed E-state index contributed by atoms with van der Waals surface area (Å²) < 4.78 is 5.83. The van der Waals surface area contributed by atoms with Gasteiger partial charge in [0, 0.05) is 25.6 Å². The Morgan fingerprint density at radius 1 is 1.07 bits per heavy atom. The van der Waals surface area contributed by atoms with E-state index < -0.39 is 0 Å². The molecule has 0 radical (unpaired) electrons. The number of ether oxygens (including phenoxy) is 1. The average molecular weight is 408 g/mol. The van der Waals surface area contributed by atoms with Crippen LogP contribution in [0.25, 0.3) is 6.08 Å². The molecule has 0 fully saturated rings. The number of benzene rings is 2. The van der Waals surface area contributed by atoms with E-state index in [0.717, 1.165) is 42.6 Å². The van der Waals surface area contributed by atoms with Gasteiger partial charge in [-0.1, -0.05) is 36.4 Å². The molecule has 2 N–H and O–H groups in total. The maximum atomic E-state index is 12.5. The molecule has 0 aromatic heterocycles. The van der Waals surface area contributed by atoms with Crippen LogP contribution in [0.4, 0.5) is 0 Å². The van der Waals surface area contributed by atoms with Gasteiger partial charge in [-0.15, -0.1) is 0 Å². The lowest BCUT2D eigenvalue weighted by Crippen LogP contribution is -2.34. The van der Waals surface area contributed by atoms with Crippen LogP contribution in [0.2, 0.25) is 0 Å². The van der Waals surface area contributed by atoms with Gasteiger partial charge in [-0.05, 0) is 60.6 Å². The van der Waals surface area contributed by atoms with E-state index in [0.29, 0.717) is 26.1 Å². The molecule has 0 bridgehead atoms. The SMILES string of the molecule is O=C(CCCCCOc1ccc2c(c1)CCN(C(=O)C=Cc1ccccc1)C2)NO. The third-order valence-corrected chi connectivity index (χ3v) is 5.16. The summed E-state index contributed by atoms with van der Waals surface area (Å²) in [6, 6.07) is 15.9. The first-order valence-corrected chi connectivity index (χ1v) is 10.4. The number of hydrogen-bond donors (Lipinski definition) is 2. The Bertz CT molecular complexity index is 880. The maximum absolute atomic E-state index is 12.5. The van der Waals surface area contributed by atoms with Crippen LogP contribution in [-0.4, -0.2) is 35.1 Å². The molecule has 0 unspecified atom stereocenters. The summed E-state index contributed by atoms with van der Waals surface area (Å²) >= 11 is 0. The van der Waals surface area contributed by atoms with Crippen molar-refractivity contribution in [2.24, 2.45) is 0 Å². The van der Waals surface area contributed by atoms with Gasteiger partial charge in [0.05, 0.1) is 6.61 Å². The molecule has 0 aliphatic carbocycles. The second-order valence-corrected chi connectivity index (χ2v) is 7.38. The van der Waals surface area contributed by atoms with Gasteiger partial charge < -0.3 is 9.64 Å². The highest BCUT2D eigenvalue weighted by Gasteiger charge is 2.19. The van der Waals surface area contributed by atoms with E-state index in [1.54, 1.807) is 11.6 Å². The number of hydrogen-bond acceptors (Lipinski definition) is 4. The number of carbonyl (C=O) groups is 2. The van der Waals surface area contributed by atoms with E-state index in [9.17, 15) is 9.59 Å². The molecule has 3 rings (SSSR count). The Labute approximate surface area is 177 Å². The minimum Gasteiger partial charge on any atom is -0.494 e. The van der Waals surface area contributed by atoms with E-state index in [1.807, 2.05) is 53.4 Å². The normalized spacial score (nSPS) is 13.2. The molecule has 0 saturated heterocycles. The van der Waals surface area contributed by atoms with E-state index >= 15 is 0 Å². The van der Waals surface area contributed by atoms with Crippen molar-refractivity contribution in [3.63, 3.8) is 0 Å². The Morgan fingerprint density at radius 3 is 2.70 bits per heavy atom. The smallest absolute Gasteiger partial charge is 0.246 e. The quantitative estimate of drug-likeness (QED) is 0.287. The van der Waals surface area contributed by atoms with Gasteiger partial charge in [-0.2, -0.15) is 0 Å². The Balaban J connectivity index is 1.45. The van der Waals surface area contributed by atoms with Crippen LogP contribution in [0.3, 0.4) is 0 Å². The first kappa shape index (κ1) is 21.6. The van der Waals surface area contributed by atoms with Gasteiger partial charge >= 0.3 is 0 Å². The zero-order chi connectivity index (χ0) is 21.2. The summed E-state index contributed by atoms with van der Waals surface area (Å²) in [6.45, 7) is 1.90. The Morgan fingerprint density at radius 2 is 1.90 bits per heavy atom. The molecule has 1 aliphatic rings. The highest BCUT2D eigenvalue weighted by atomic mass is 16.5. The zero-order valence-electron chi connectivity index (χ0n) is 17.0. The molecule has 6 nitrogen and oxygen atoms in total. The molecular formula is C24H28N2O4. The Kier molecular flexibility index (Phi) is 8.03. The molecule has 6 heteroatoms. The van der Waals surface area contributed by atoms with Crippen molar-refractivity contribution in [2.45, 2.75) is 38.6 Å². The summed E-state index contributed by atoms with van der Waals surface area (Å²) in [5.41, 5.74) is 5.03. The predicted molar refractivity (Wildman–Crippen MR) is 115 cm³/mol. The van der Waals surface area contributed by atoms with Gasteiger partial charge in [0.1, 0.15) is 5.75 Å². The fraction of sp³-hybridized carbons (Fsp3) is 0.333. The second-order valence-electron chi connectivity index (χ2n) is 7.38. The standard InChI is InChI=1S/C24H28N2O4/c27-23(25-29)9-5-2-6-16-30-22-12-11-21-18-26(15-14-20(21)17-22)24(28)13-10-19-7-3-1-4-8-19/h1,3-4,7-8,10-13,17,29H,2,5-6,9,14-16,18H2,(H,25,27). The minimum atomic E-state index is -0.353. The predicted octanol–water partition coefficient (Wildman–Crippen LogP) is 3.73. The van der Waals surface area contributed by atoms with Crippen molar-refractivity contribution in [1.82, 2.24) is 10.4 Å². The van der Waals surface area contributed by atoms with Crippen LogP contribution in [0.5, 0.6) is 5.75 Å². The second kappa shape index (κ2) is 11.2. The first-order chi connectivity index (χ1) is 14.7. The summed E-state index contributed by atoms with van der Waals surface area (Å²) in [5.74, 6) is 0.513. The number of nitrogens with zero attached hydrogens (tertiary/aromatic N) is 1. The maximum Gasteiger partial charge on any atom is 0.246 e. The molecule has 2 aromatic carbocycles. The lowest BCUT2D eigenvalue weighted by atomic mass is 9.99. The number of nitrogens with one attached hydrogen (secondary N) is 1. The minimum absolute atomic E-state index is 0.0275. The van der Waals surface area contributed by atoms with E-state index in [1.165, 1.54) is 5.56 Å². The monoisotopic (exact) mass is 408 g/mol. The Hall–Kier alpha value is -3.12. The summed E-state index contributed by atoms with van der Waals surface area (Å²) in [6.07, 6.45) is 7.08. The van der Waals surface area contributed by atoms with Gasteiger partial charge in [-0.25, -0.2) is 5.48 Å². The number of unbranched alkanes of at least 4 members (excludes halogenated alkanes) is 2. The van der Waals surface area contributed by atoms with Crippen LogP contribution < -0.4 is 10.2 Å². The van der Waals surface area contributed by atoms with Gasteiger partial charge in [-0.3, -0.25) is 14.8 Å². The highest BCUT2D eigenvalue weighted by Crippen LogP contribution is 2.24. The van der Waals surface area contributed by atoms with Crippen molar-refractivity contribution >= 4 is 17.9 Å². The van der Waals surface area contributed by atoms with Crippen LogP contribution in [0.1, 0.15) is 42.4 Å². The molecule has 1 heterocycles. The highest BCUT2D eigenvalue weighted by molar-refractivity contribution is 5.91. The molecule has 30 heavy (non-hydrogen) atoms.